The SMILES string of the molecule is CSC1CCC(NCC2CCCN(C)C2)C1. The van der Waals surface area contributed by atoms with Gasteiger partial charge in [0.1, 0.15) is 0 Å². The molecule has 0 aromatic heterocycles. The maximum atomic E-state index is 3.80. The van der Waals surface area contributed by atoms with Gasteiger partial charge in [0.15, 0.2) is 0 Å². The number of nitrogens with one attached hydrogen (secondary N) is 1. The first-order valence-electron chi connectivity index (χ1n) is 6.72. The summed E-state index contributed by atoms with van der Waals surface area (Å²) >= 11 is 2.05. The molecular weight excluding hydrogens is 216 g/mol. The first-order valence-corrected chi connectivity index (χ1v) is 8.01. The van der Waals surface area contributed by atoms with Gasteiger partial charge in [0.25, 0.3) is 0 Å². The smallest absolute Gasteiger partial charge is 0.00781 e. The third-order valence-electron chi connectivity index (χ3n) is 4.14. The van der Waals surface area contributed by atoms with Crippen molar-refractivity contribution in [1.29, 1.82) is 0 Å². The quantitative estimate of drug-likeness (QED) is 0.814. The molecule has 0 amide bonds. The molecule has 2 aliphatic rings. The molecule has 0 radical (unpaired) electrons. The van der Waals surface area contributed by atoms with E-state index in [9.17, 15) is 0 Å². The third-order valence-corrected chi connectivity index (χ3v) is 5.23. The van der Waals surface area contributed by atoms with Crippen molar-refractivity contribution < 1.29 is 0 Å². The van der Waals surface area contributed by atoms with E-state index in [0.29, 0.717) is 0 Å². The second kappa shape index (κ2) is 6.27. The van der Waals surface area contributed by atoms with Crippen LogP contribution in [0.1, 0.15) is 32.1 Å². The summed E-state index contributed by atoms with van der Waals surface area (Å²) in [7, 11) is 2.26. The maximum absolute atomic E-state index is 3.80. The van der Waals surface area contributed by atoms with Gasteiger partial charge in [-0.1, -0.05) is 0 Å². The zero-order valence-corrected chi connectivity index (χ0v) is 11.6. The van der Waals surface area contributed by atoms with Gasteiger partial charge in [0, 0.05) is 17.8 Å². The molecule has 2 fully saturated rings. The molecule has 94 valence electrons. The van der Waals surface area contributed by atoms with Gasteiger partial charge in [-0.05, 0) is 64.4 Å². The molecule has 0 bridgehead atoms. The van der Waals surface area contributed by atoms with Gasteiger partial charge in [-0.15, -0.1) is 0 Å². The molecular formula is C13H26N2S. The molecule has 2 nitrogen and oxygen atoms in total. The number of piperidine rings is 1. The Hall–Kier alpha value is 0.270. The highest BCUT2D eigenvalue weighted by Gasteiger charge is 2.25. The molecule has 3 heteroatoms. The van der Waals surface area contributed by atoms with Crippen molar-refractivity contribution in [1.82, 2.24) is 10.2 Å². The van der Waals surface area contributed by atoms with E-state index < -0.39 is 0 Å². The zero-order chi connectivity index (χ0) is 11.4. The average Bonchev–Trinajstić information content (AvgIpc) is 2.74. The molecule has 3 atom stereocenters. The van der Waals surface area contributed by atoms with E-state index in [4.69, 9.17) is 0 Å². The molecule has 1 aliphatic carbocycles. The summed E-state index contributed by atoms with van der Waals surface area (Å²) in [6.45, 7) is 3.84. The predicted molar refractivity (Wildman–Crippen MR) is 73.2 cm³/mol. The molecule has 0 aromatic rings. The molecule has 16 heavy (non-hydrogen) atoms. The summed E-state index contributed by atoms with van der Waals surface area (Å²) in [4.78, 5) is 2.48. The Balaban J connectivity index is 1.64. The normalized spacial score (nSPS) is 36.8. The Morgan fingerprint density at radius 2 is 2.19 bits per heavy atom. The molecule has 0 spiro atoms. The highest BCUT2D eigenvalue weighted by Crippen LogP contribution is 2.28. The standard InChI is InChI=1S/C13H26N2S/c1-15-7-3-4-11(10-15)9-14-12-5-6-13(8-12)16-2/h11-14H,3-10H2,1-2H3. The Bertz CT molecular complexity index is 210. The molecule has 0 aromatic carbocycles. The highest BCUT2D eigenvalue weighted by atomic mass is 32.2. The fraction of sp³-hybridized carbons (Fsp3) is 1.00. The van der Waals surface area contributed by atoms with E-state index in [1.165, 1.54) is 51.7 Å². The lowest BCUT2D eigenvalue weighted by Gasteiger charge is -2.30. The van der Waals surface area contributed by atoms with Crippen molar-refractivity contribution in [2.24, 2.45) is 5.92 Å². The van der Waals surface area contributed by atoms with Crippen LogP contribution in [0.4, 0.5) is 0 Å². The van der Waals surface area contributed by atoms with E-state index >= 15 is 0 Å². The van der Waals surface area contributed by atoms with Gasteiger partial charge in [-0.3, -0.25) is 0 Å². The number of hydrogen-bond donors (Lipinski definition) is 1. The van der Waals surface area contributed by atoms with Crippen LogP contribution >= 0.6 is 11.8 Å². The van der Waals surface area contributed by atoms with E-state index in [-0.39, 0.29) is 0 Å². The molecule has 3 unspecified atom stereocenters. The molecule has 1 N–H and O–H groups in total. The Kier molecular flexibility index (Phi) is 4.98. The second-order valence-corrected chi connectivity index (χ2v) is 6.68. The van der Waals surface area contributed by atoms with E-state index in [0.717, 1.165) is 17.2 Å². The van der Waals surface area contributed by atoms with Crippen molar-refractivity contribution in [2.45, 2.75) is 43.4 Å². The first kappa shape index (κ1) is 12.7. The van der Waals surface area contributed by atoms with Crippen LogP contribution in [0.5, 0.6) is 0 Å². The summed E-state index contributed by atoms with van der Waals surface area (Å²) in [5, 5.41) is 4.72. The maximum Gasteiger partial charge on any atom is 0.00781 e. The predicted octanol–water partition coefficient (Wildman–Crippen LogP) is 2.20. The van der Waals surface area contributed by atoms with Gasteiger partial charge in [0.2, 0.25) is 0 Å². The van der Waals surface area contributed by atoms with E-state index in [2.05, 4.69) is 23.5 Å². The molecule has 1 aliphatic heterocycles. The lowest BCUT2D eigenvalue weighted by Crippen LogP contribution is -2.40. The number of thioether (sulfide) groups is 1. The van der Waals surface area contributed by atoms with Crippen molar-refractivity contribution in [2.75, 3.05) is 32.9 Å². The summed E-state index contributed by atoms with van der Waals surface area (Å²) in [5.41, 5.74) is 0. The minimum absolute atomic E-state index is 0.810. The second-order valence-electron chi connectivity index (χ2n) is 5.55. The van der Waals surface area contributed by atoms with Crippen LogP contribution in [0.2, 0.25) is 0 Å². The Labute approximate surface area is 105 Å². The lowest BCUT2D eigenvalue weighted by atomic mass is 9.98. The lowest BCUT2D eigenvalue weighted by molar-refractivity contribution is 0.203. The fourth-order valence-corrected chi connectivity index (χ4v) is 3.91. The largest absolute Gasteiger partial charge is 0.314 e. The van der Waals surface area contributed by atoms with Crippen LogP contribution in [0.25, 0.3) is 0 Å². The molecule has 1 saturated heterocycles. The van der Waals surface area contributed by atoms with Gasteiger partial charge >= 0.3 is 0 Å². The molecule has 1 heterocycles. The van der Waals surface area contributed by atoms with Gasteiger partial charge < -0.3 is 10.2 Å². The zero-order valence-electron chi connectivity index (χ0n) is 10.7. The van der Waals surface area contributed by atoms with Gasteiger partial charge in [-0.25, -0.2) is 0 Å². The minimum atomic E-state index is 0.810. The van der Waals surface area contributed by atoms with Crippen LogP contribution in [0, 0.1) is 5.92 Å². The first-order chi connectivity index (χ1) is 7.78. The number of hydrogen-bond acceptors (Lipinski definition) is 3. The number of rotatable bonds is 4. The monoisotopic (exact) mass is 242 g/mol. The number of likely N-dealkylation sites (tertiary alicyclic amines) is 1. The fourth-order valence-electron chi connectivity index (χ4n) is 3.11. The van der Waals surface area contributed by atoms with Crippen molar-refractivity contribution >= 4 is 11.8 Å². The van der Waals surface area contributed by atoms with Crippen LogP contribution in [0.15, 0.2) is 0 Å². The Morgan fingerprint density at radius 3 is 2.88 bits per heavy atom. The summed E-state index contributed by atoms with van der Waals surface area (Å²) in [6, 6.07) is 0.810. The summed E-state index contributed by atoms with van der Waals surface area (Å²) < 4.78 is 0. The molecule has 2 rings (SSSR count). The summed E-state index contributed by atoms with van der Waals surface area (Å²) in [6.07, 6.45) is 9.28. The van der Waals surface area contributed by atoms with Crippen LogP contribution in [-0.2, 0) is 0 Å². The van der Waals surface area contributed by atoms with Crippen molar-refractivity contribution in [3.63, 3.8) is 0 Å². The topological polar surface area (TPSA) is 15.3 Å². The van der Waals surface area contributed by atoms with E-state index in [1.54, 1.807) is 0 Å². The van der Waals surface area contributed by atoms with Crippen LogP contribution in [-0.4, -0.2) is 49.1 Å². The number of nitrogens with zero attached hydrogens (tertiary/aromatic N) is 1. The Morgan fingerprint density at radius 1 is 1.31 bits per heavy atom. The van der Waals surface area contributed by atoms with Crippen LogP contribution in [0.3, 0.4) is 0 Å². The third kappa shape index (κ3) is 3.64. The molecule has 1 saturated carbocycles. The van der Waals surface area contributed by atoms with Gasteiger partial charge in [-0.2, -0.15) is 11.8 Å². The van der Waals surface area contributed by atoms with Crippen LogP contribution < -0.4 is 5.32 Å². The van der Waals surface area contributed by atoms with Gasteiger partial charge in [0.05, 0.1) is 0 Å². The summed E-state index contributed by atoms with van der Waals surface area (Å²) in [5.74, 6) is 0.895. The highest BCUT2D eigenvalue weighted by molar-refractivity contribution is 7.99. The minimum Gasteiger partial charge on any atom is -0.314 e. The van der Waals surface area contributed by atoms with Crippen molar-refractivity contribution in [3.05, 3.63) is 0 Å². The van der Waals surface area contributed by atoms with Crippen molar-refractivity contribution in [3.8, 4) is 0 Å². The van der Waals surface area contributed by atoms with E-state index in [1.807, 2.05) is 11.8 Å². The average molecular weight is 242 g/mol.